The van der Waals surface area contributed by atoms with Crippen LogP contribution in [0.4, 0.5) is 13.2 Å². The Kier molecular flexibility index (Phi) is 1.81. The maximum absolute atomic E-state index is 12.2. The molecule has 12 heavy (non-hydrogen) atoms. The van der Waals surface area contributed by atoms with Crippen molar-refractivity contribution in [1.29, 1.82) is 0 Å². The third-order valence-electron chi connectivity index (χ3n) is 0.920. The van der Waals surface area contributed by atoms with Crippen LogP contribution in [0.5, 0.6) is 0 Å². The standard InChI is InChI=1S/C6H2Cl2F3N/c7-3-1-4(6(9,10)11)12-5(8)2-3/h1-2H/i1D,2D. The van der Waals surface area contributed by atoms with Crippen LogP contribution in [-0.2, 0) is 6.18 Å². The lowest BCUT2D eigenvalue weighted by Gasteiger charge is -2.05. The Labute approximate surface area is 78.9 Å². The molecule has 0 amide bonds. The Balaban J connectivity index is 3.49. The summed E-state index contributed by atoms with van der Waals surface area (Å²) in [6.45, 7) is 0. The molecule has 0 radical (unpaired) electrons. The first-order valence-electron chi connectivity index (χ1n) is 3.64. The van der Waals surface area contributed by atoms with Gasteiger partial charge in [-0.25, -0.2) is 4.98 Å². The predicted molar refractivity (Wildman–Crippen MR) is 39.3 cm³/mol. The number of halogens is 5. The molecule has 0 aliphatic heterocycles. The zero-order valence-electron chi connectivity index (χ0n) is 7.34. The number of hydrogen-bond acceptors (Lipinski definition) is 1. The summed E-state index contributed by atoms with van der Waals surface area (Å²) >= 11 is 10.5. The number of aromatic nitrogens is 1. The molecule has 0 spiro atoms. The van der Waals surface area contributed by atoms with Gasteiger partial charge in [0.2, 0.25) is 0 Å². The van der Waals surface area contributed by atoms with Gasteiger partial charge in [-0.15, -0.1) is 0 Å². The van der Waals surface area contributed by atoms with Gasteiger partial charge in [-0.05, 0) is 12.1 Å². The Morgan fingerprint density at radius 1 is 1.33 bits per heavy atom. The van der Waals surface area contributed by atoms with Gasteiger partial charge >= 0.3 is 6.18 Å². The van der Waals surface area contributed by atoms with E-state index in [1.807, 2.05) is 0 Å². The lowest BCUT2D eigenvalue weighted by Crippen LogP contribution is -2.07. The first kappa shape index (κ1) is 6.97. The fourth-order valence-electron chi connectivity index (χ4n) is 0.514. The second-order valence-corrected chi connectivity index (χ2v) is 2.55. The topological polar surface area (TPSA) is 12.9 Å². The number of alkyl halides is 3. The minimum atomic E-state index is -4.79. The summed E-state index contributed by atoms with van der Waals surface area (Å²) < 4.78 is 50.6. The van der Waals surface area contributed by atoms with Gasteiger partial charge in [0.05, 0.1) is 2.74 Å². The van der Waals surface area contributed by atoms with Gasteiger partial charge in [0.15, 0.2) is 0 Å². The van der Waals surface area contributed by atoms with E-state index >= 15 is 0 Å². The molecule has 1 heterocycles. The van der Waals surface area contributed by atoms with Crippen LogP contribution >= 0.6 is 23.2 Å². The van der Waals surface area contributed by atoms with Gasteiger partial charge in [0, 0.05) is 5.02 Å². The summed E-state index contributed by atoms with van der Waals surface area (Å²) in [5.74, 6) is 0. The number of rotatable bonds is 0. The molecule has 0 fully saturated rings. The molecule has 0 atom stereocenters. The van der Waals surface area contributed by atoms with Crippen molar-refractivity contribution in [3.05, 3.63) is 28.0 Å². The lowest BCUT2D eigenvalue weighted by atomic mass is 10.3. The monoisotopic (exact) mass is 217 g/mol. The van der Waals surface area contributed by atoms with E-state index in [0.717, 1.165) is 0 Å². The predicted octanol–water partition coefficient (Wildman–Crippen LogP) is 3.41. The molecule has 0 unspecified atom stereocenters. The summed E-state index contributed by atoms with van der Waals surface area (Å²) in [5, 5.41) is -1.32. The number of pyridine rings is 1. The molecule has 0 N–H and O–H groups in total. The van der Waals surface area contributed by atoms with Gasteiger partial charge in [-0.3, -0.25) is 0 Å². The molecule has 0 saturated carbocycles. The van der Waals surface area contributed by atoms with Crippen LogP contribution in [0.15, 0.2) is 12.1 Å². The fraction of sp³-hybridized carbons (Fsp3) is 0.167. The van der Waals surface area contributed by atoms with Gasteiger partial charge < -0.3 is 0 Å². The van der Waals surface area contributed by atoms with E-state index in [0.29, 0.717) is 0 Å². The van der Waals surface area contributed by atoms with Crippen molar-refractivity contribution in [3.8, 4) is 0 Å². The second-order valence-electron chi connectivity index (χ2n) is 1.81. The highest BCUT2D eigenvalue weighted by Gasteiger charge is 2.32. The van der Waals surface area contributed by atoms with Crippen molar-refractivity contribution in [1.82, 2.24) is 4.98 Å². The highest BCUT2D eigenvalue weighted by molar-refractivity contribution is 6.33. The van der Waals surface area contributed by atoms with E-state index in [1.54, 1.807) is 0 Å². The summed E-state index contributed by atoms with van der Waals surface area (Å²) in [6, 6.07) is -1.61. The molecule has 0 aliphatic carbocycles. The molecule has 0 aliphatic rings. The van der Waals surface area contributed by atoms with Crippen molar-refractivity contribution in [2.75, 3.05) is 0 Å². The SMILES string of the molecule is [2H]c1c(Cl)nc(C(F)(F)F)c([2H])c1Cl. The van der Waals surface area contributed by atoms with Gasteiger partial charge in [0.1, 0.15) is 10.8 Å². The highest BCUT2D eigenvalue weighted by atomic mass is 35.5. The molecule has 1 rings (SSSR count). The largest absolute Gasteiger partial charge is 0.433 e. The van der Waals surface area contributed by atoms with Crippen LogP contribution in [0.25, 0.3) is 0 Å². The zero-order chi connectivity index (χ0) is 11.1. The van der Waals surface area contributed by atoms with Gasteiger partial charge in [0.25, 0.3) is 0 Å². The van der Waals surface area contributed by atoms with Crippen LogP contribution in [0.1, 0.15) is 8.44 Å². The Morgan fingerprint density at radius 3 is 2.42 bits per heavy atom. The molecule has 1 aromatic rings. The number of nitrogens with zero attached hydrogens (tertiary/aromatic N) is 1. The Morgan fingerprint density at radius 2 is 1.92 bits per heavy atom. The summed E-state index contributed by atoms with van der Waals surface area (Å²) in [7, 11) is 0. The number of hydrogen-bond donors (Lipinski definition) is 0. The van der Waals surface area contributed by atoms with Crippen LogP contribution in [0.3, 0.4) is 0 Å². The first-order chi connectivity index (χ1) is 6.25. The first-order valence-corrected chi connectivity index (χ1v) is 3.40. The van der Waals surface area contributed by atoms with E-state index in [2.05, 4.69) is 4.98 Å². The molecule has 0 saturated heterocycles. The maximum atomic E-state index is 12.2. The highest BCUT2D eigenvalue weighted by Crippen LogP contribution is 2.30. The van der Waals surface area contributed by atoms with E-state index < -0.39 is 34.1 Å². The second kappa shape index (κ2) is 3.11. The minimum Gasteiger partial charge on any atom is -0.232 e. The molecule has 66 valence electrons. The van der Waals surface area contributed by atoms with E-state index in [9.17, 15) is 13.2 Å². The van der Waals surface area contributed by atoms with Crippen molar-refractivity contribution in [2.45, 2.75) is 6.18 Å². The average molecular weight is 218 g/mol. The molecule has 1 aromatic heterocycles. The molecule has 0 bridgehead atoms. The van der Waals surface area contributed by atoms with Crippen molar-refractivity contribution in [3.63, 3.8) is 0 Å². The molecule has 0 aromatic carbocycles. The average Bonchev–Trinajstić information content (AvgIpc) is 2.06. The quantitative estimate of drug-likeness (QED) is 0.608. The summed E-state index contributed by atoms with van der Waals surface area (Å²) in [6.07, 6.45) is -4.79. The normalized spacial score (nSPS) is 14.1. The van der Waals surface area contributed by atoms with Crippen LogP contribution < -0.4 is 0 Å². The van der Waals surface area contributed by atoms with Gasteiger partial charge in [-0.2, -0.15) is 13.2 Å². The van der Waals surface area contributed by atoms with E-state index in [4.69, 9.17) is 25.9 Å². The van der Waals surface area contributed by atoms with Gasteiger partial charge in [-0.1, -0.05) is 23.2 Å². The maximum Gasteiger partial charge on any atom is 0.433 e. The smallest absolute Gasteiger partial charge is 0.232 e. The molecule has 6 heteroatoms. The summed E-state index contributed by atoms with van der Waals surface area (Å²) in [5.41, 5.74) is -1.48. The summed E-state index contributed by atoms with van der Waals surface area (Å²) in [4.78, 5) is 2.89. The lowest BCUT2D eigenvalue weighted by molar-refractivity contribution is -0.141. The zero-order valence-corrected chi connectivity index (χ0v) is 6.85. The fourth-order valence-corrected chi connectivity index (χ4v) is 0.920. The Hall–Kier alpha value is -0.480. The third-order valence-corrected chi connectivity index (χ3v) is 1.29. The Bertz CT molecular complexity index is 380. The van der Waals surface area contributed by atoms with Crippen LogP contribution in [-0.4, -0.2) is 4.98 Å². The minimum absolute atomic E-state index is 0.577. The van der Waals surface area contributed by atoms with Crippen molar-refractivity contribution >= 4 is 23.2 Å². The molecular formula is C6H2Cl2F3N. The molecule has 1 nitrogen and oxygen atoms in total. The van der Waals surface area contributed by atoms with Crippen molar-refractivity contribution in [2.24, 2.45) is 0 Å². The third kappa shape index (κ3) is 2.25. The van der Waals surface area contributed by atoms with Crippen LogP contribution in [0.2, 0.25) is 10.2 Å². The van der Waals surface area contributed by atoms with E-state index in [1.165, 1.54) is 0 Å². The molecular weight excluding hydrogens is 214 g/mol. The van der Waals surface area contributed by atoms with Crippen LogP contribution in [0, 0.1) is 0 Å². The van der Waals surface area contributed by atoms with Crippen molar-refractivity contribution < 1.29 is 15.9 Å². The van der Waals surface area contributed by atoms with E-state index in [-0.39, 0.29) is 0 Å².